The molecular formula is C17H25N3O2. The van der Waals surface area contributed by atoms with E-state index in [1.165, 1.54) is 0 Å². The van der Waals surface area contributed by atoms with E-state index in [9.17, 15) is 4.79 Å². The van der Waals surface area contributed by atoms with Crippen molar-refractivity contribution in [2.75, 3.05) is 11.9 Å². The Bertz CT molecular complexity index is 530. The predicted octanol–water partition coefficient (Wildman–Crippen LogP) is 3.02. The molecule has 0 aliphatic heterocycles. The minimum absolute atomic E-state index is 0.0427. The Balaban J connectivity index is 2.67. The normalized spacial score (nSPS) is 12.6. The second-order valence-electron chi connectivity index (χ2n) is 6.28. The molecular weight excluding hydrogens is 278 g/mol. The molecule has 2 amide bonds. The van der Waals surface area contributed by atoms with E-state index < -0.39 is 5.41 Å². The molecule has 0 bridgehead atoms. The van der Waals surface area contributed by atoms with E-state index in [0.29, 0.717) is 12.1 Å². The number of hydrogen-bond donors (Lipinski definition) is 3. The van der Waals surface area contributed by atoms with Crippen molar-refractivity contribution in [2.45, 2.75) is 45.6 Å². The van der Waals surface area contributed by atoms with E-state index in [-0.39, 0.29) is 24.6 Å². The monoisotopic (exact) mass is 303 g/mol. The Morgan fingerprint density at radius 1 is 1.32 bits per heavy atom. The molecule has 0 aliphatic rings. The first-order chi connectivity index (χ1) is 10.3. The van der Waals surface area contributed by atoms with Crippen molar-refractivity contribution in [1.82, 2.24) is 5.32 Å². The molecule has 0 radical (unpaired) electrons. The lowest BCUT2D eigenvalue weighted by Crippen LogP contribution is -2.41. The average molecular weight is 303 g/mol. The highest BCUT2D eigenvalue weighted by molar-refractivity contribution is 5.89. The molecule has 5 heteroatoms. The van der Waals surface area contributed by atoms with Gasteiger partial charge >= 0.3 is 6.03 Å². The van der Waals surface area contributed by atoms with Crippen LogP contribution in [0.4, 0.5) is 10.5 Å². The van der Waals surface area contributed by atoms with Gasteiger partial charge in [0.05, 0.1) is 11.5 Å². The van der Waals surface area contributed by atoms with E-state index >= 15 is 0 Å². The number of urea groups is 1. The van der Waals surface area contributed by atoms with Gasteiger partial charge in [-0.1, -0.05) is 26.0 Å². The van der Waals surface area contributed by atoms with Crippen LogP contribution in [-0.4, -0.2) is 23.8 Å². The molecule has 1 aromatic rings. The van der Waals surface area contributed by atoms with Crippen molar-refractivity contribution in [2.24, 2.45) is 5.92 Å². The Labute approximate surface area is 132 Å². The zero-order chi connectivity index (χ0) is 16.8. The summed E-state index contributed by atoms with van der Waals surface area (Å²) < 4.78 is 0. The molecule has 0 aliphatic carbocycles. The summed E-state index contributed by atoms with van der Waals surface area (Å²) in [5.74, 6) is 0.247. The standard InChI is InChI=1S/C17H25N3O2/c1-12(2)15(9-10-21)20-16(22)19-14-7-5-13(6-8-14)17(3,4)11-18/h5-8,12,15,21H,9-10H2,1-4H3,(H2,19,20,22)/t15-/m0/s1. The number of aliphatic hydroxyl groups excluding tert-OH is 1. The zero-order valence-electron chi connectivity index (χ0n) is 13.7. The van der Waals surface area contributed by atoms with Gasteiger partial charge in [0, 0.05) is 18.3 Å². The first-order valence-corrected chi connectivity index (χ1v) is 7.50. The fourth-order valence-electron chi connectivity index (χ4n) is 2.08. The summed E-state index contributed by atoms with van der Waals surface area (Å²) in [6.45, 7) is 7.74. The highest BCUT2D eigenvalue weighted by Gasteiger charge is 2.19. The maximum Gasteiger partial charge on any atom is 0.319 e. The van der Waals surface area contributed by atoms with Crippen LogP contribution in [0.3, 0.4) is 0 Å². The largest absolute Gasteiger partial charge is 0.396 e. The van der Waals surface area contributed by atoms with Gasteiger partial charge in [0.2, 0.25) is 0 Å². The van der Waals surface area contributed by atoms with Gasteiger partial charge in [-0.2, -0.15) is 5.26 Å². The molecule has 0 unspecified atom stereocenters. The van der Waals surface area contributed by atoms with Gasteiger partial charge < -0.3 is 15.7 Å². The Morgan fingerprint density at radius 2 is 1.91 bits per heavy atom. The number of carbonyl (C=O) groups is 1. The van der Waals surface area contributed by atoms with Crippen LogP contribution in [0.15, 0.2) is 24.3 Å². The van der Waals surface area contributed by atoms with E-state index in [1.807, 2.05) is 39.8 Å². The molecule has 0 heterocycles. The number of anilines is 1. The van der Waals surface area contributed by atoms with Gasteiger partial charge in [-0.3, -0.25) is 0 Å². The van der Waals surface area contributed by atoms with Gasteiger partial charge in [0.25, 0.3) is 0 Å². The molecule has 0 aromatic heterocycles. The first-order valence-electron chi connectivity index (χ1n) is 7.50. The molecule has 5 nitrogen and oxygen atoms in total. The summed E-state index contributed by atoms with van der Waals surface area (Å²) in [6, 6.07) is 9.13. The zero-order valence-corrected chi connectivity index (χ0v) is 13.7. The SMILES string of the molecule is CC(C)[C@H](CCO)NC(=O)Nc1ccc(C(C)(C)C#N)cc1. The number of rotatable bonds is 6. The number of aliphatic hydroxyl groups is 1. The molecule has 0 saturated heterocycles. The predicted molar refractivity (Wildman–Crippen MR) is 87.6 cm³/mol. The maximum absolute atomic E-state index is 12.0. The second-order valence-corrected chi connectivity index (χ2v) is 6.28. The smallest absolute Gasteiger partial charge is 0.319 e. The number of nitrogens with zero attached hydrogens (tertiary/aromatic N) is 1. The summed E-state index contributed by atoms with van der Waals surface area (Å²) in [5, 5.41) is 23.8. The first kappa shape index (κ1) is 18.0. The lowest BCUT2D eigenvalue weighted by molar-refractivity contribution is 0.227. The van der Waals surface area contributed by atoms with Gasteiger partial charge in [0.1, 0.15) is 0 Å². The fraction of sp³-hybridized carbons (Fsp3) is 0.529. The maximum atomic E-state index is 12.0. The third-order valence-corrected chi connectivity index (χ3v) is 3.71. The topological polar surface area (TPSA) is 85.2 Å². The summed E-state index contributed by atoms with van der Waals surface area (Å²) in [5.41, 5.74) is 1.02. The van der Waals surface area contributed by atoms with Crippen molar-refractivity contribution < 1.29 is 9.90 Å². The van der Waals surface area contributed by atoms with E-state index in [2.05, 4.69) is 16.7 Å². The summed E-state index contributed by atoms with van der Waals surface area (Å²) in [7, 11) is 0. The average Bonchev–Trinajstić information content (AvgIpc) is 2.47. The van der Waals surface area contributed by atoms with Gasteiger partial charge in [-0.05, 0) is 43.9 Å². The number of benzene rings is 1. The van der Waals surface area contributed by atoms with Crippen LogP contribution in [0.2, 0.25) is 0 Å². The van der Waals surface area contributed by atoms with E-state index in [4.69, 9.17) is 10.4 Å². The Morgan fingerprint density at radius 3 is 2.36 bits per heavy atom. The molecule has 0 saturated carbocycles. The number of amides is 2. The third kappa shape index (κ3) is 5.05. The second kappa shape index (κ2) is 7.81. The minimum Gasteiger partial charge on any atom is -0.396 e. The van der Waals surface area contributed by atoms with Crippen LogP contribution >= 0.6 is 0 Å². The summed E-state index contributed by atoms with van der Waals surface area (Å²) in [4.78, 5) is 12.0. The summed E-state index contributed by atoms with van der Waals surface area (Å²) in [6.07, 6.45) is 0.528. The molecule has 1 atom stereocenters. The van der Waals surface area contributed by atoms with Crippen molar-refractivity contribution in [3.05, 3.63) is 29.8 Å². The lowest BCUT2D eigenvalue weighted by Gasteiger charge is -2.22. The number of carbonyl (C=O) groups excluding carboxylic acids is 1. The van der Waals surface area contributed by atoms with Crippen molar-refractivity contribution in [3.63, 3.8) is 0 Å². The number of nitriles is 1. The van der Waals surface area contributed by atoms with Gasteiger partial charge in [-0.15, -0.1) is 0 Å². The number of nitrogens with one attached hydrogen (secondary N) is 2. The van der Waals surface area contributed by atoms with Gasteiger partial charge in [-0.25, -0.2) is 4.79 Å². The minimum atomic E-state index is -0.551. The molecule has 120 valence electrons. The molecule has 22 heavy (non-hydrogen) atoms. The highest BCUT2D eigenvalue weighted by atomic mass is 16.3. The fourth-order valence-corrected chi connectivity index (χ4v) is 2.08. The highest BCUT2D eigenvalue weighted by Crippen LogP contribution is 2.23. The lowest BCUT2D eigenvalue weighted by atomic mass is 9.86. The van der Waals surface area contributed by atoms with E-state index in [0.717, 1.165) is 5.56 Å². The molecule has 1 rings (SSSR count). The summed E-state index contributed by atoms with van der Waals surface area (Å²) >= 11 is 0. The third-order valence-electron chi connectivity index (χ3n) is 3.71. The van der Waals surface area contributed by atoms with Crippen LogP contribution in [0, 0.1) is 17.2 Å². The van der Waals surface area contributed by atoms with Crippen molar-refractivity contribution >= 4 is 11.7 Å². The van der Waals surface area contributed by atoms with Crippen LogP contribution < -0.4 is 10.6 Å². The molecule has 0 fully saturated rings. The van der Waals surface area contributed by atoms with Gasteiger partial charge in [0.15, 0.2) is 0 Å². The van der Waals surface area contributed by atoms with Crippen LogP contribution in [0.1, 0.15) is 39.7 Å². The number of hydrogen-bond acceptors (Lipinski definition) is 3. The Kier molecular flexibility index (Phi) is 6.39. The van der Waals surface area contributed by atoms with Crippen LogP contribution in [0.25, 0.3) is 0 Å². The molecule has 3 N–H and O–H groups in total. The van der Waals surface area contributed by atoms with Crippen LogP contribution in [0.5, 0.6) is 0 Å². The molecule has 0 spiro atoms. The van der Waals surface area contributed by atoms with Crippen LogP contribution in [-0.2, 0) is 5.41 Å². The van der Waals surface area contributed by atoms with E-state index in [1.54, 1.807) is 12.1 Å². The van der Waals surface area contributed by atoms with Crippen molar-refractivity contribution in [3.8, 4) is 6.07 Å². The quantitative estimate of drug-likeness (QED) is 0.755. The Hall–Kier alpha value is -2.06. The van der Waals surface area contributed by atoms with Crippen molar-refractivity contribution in [1.29, 1.82) is 5.26 Å². The molecule has 1 aromatic carbocycles.